The minimum atomic E-state index is -0.665. The van der Waals surface area contributed by atoms with Gasteiger partial charge in [0.15, 0.2) is 11.6 Å². The Hall–Kier alpha value is -4.18. The maximum Gasteiger partial charge on any atom is 0.274 e. The smallest absolute Gasteiger partial charge is 0.274 e. The third-order valence-corrected chi connectivity index (χ3v) is 5.80. The van der Waals surface area contributed by atoms with Gasteiger partial charge in [-0.05, 0) is 30.3 Å². The maximum atomic E-state index is 14.7. The van der Waals surface area contributed by atoms with E-state index in [4.69, 9.17) is 4.74 Å². The number of methoxy groups -OCH3 is 1. The molecule has 10 heteroatoms. The second kappa shape index (κ2) is 8.99. The van der Waals surface area contributed by atoms with Crippen molar-refractivity contribution in [3.05, 3.63) is 66.5 Å². The molecule has 1 aliphatic rings. The lowest BCUT2D eigenvalue weighted by Crippen LogP contribution is -2.43. The number of carbonyl (C=O) groups is 1. The monoisotopic (exact) mass is 462 g/mol. The molecule has 0 radical (unpaired) electrons. The molecule has 174 valence electrons. The Kier molecular flexibility index (Phi) is 5.72. The molecule has 0 saturated carbocycles. The zero-order chi connectivity index (χ0) is 23.7. The summed E-state index contributed by atoms with van der Waals surface area (Å²) >= 11 is 0. The van der Waals surface area contributed by atoms with Gasteiger partial charge < -0.3 is 25.4 Å². The number of rotatable bonds is 5. The van der Waals surface area contributed by atoms with Crippen LogP contribution in [0.25, 0.3) is 16.6 Å². The summed E-state index contributed by atoms with van der Waals surface area (Å²) in [4.78, 5) is 23.8. The van der Waals surface area contributed by atoms with Crippen molar-refractivity contribution in [1.29, 1.82) is 0 Å². The Morgan fingerprint density at radius 3 is 2.82 bits per heavy atom. The van der Waals surface area contributed by atoms with Crippen molar-refractivity contribution in [2.45, 2.75) is 0 Å². The summed E-state index contributed by atoms with van der Waals surface area (Å²) in [5, 5.41) is 17.4. The number of halogens is 1. The molecular formula is C24H23FN6O3. The average molecular weight is 462 g/mol. The normalized spacial score (nSPS) is 13.8. The predicted octanol–water partition coefficient (Wildman–Crippen LogP) is 2.94. The highest BCUT2D eigenvalue weighted by atomic mass is 19.1. The average Bonchev–Trinajstić information content (AvgIpc) is 3.22. The number of amides is 1. The summed E-state index contributed by atoms with van der Waals surface area (Å²) in [6, 6.07) is 9.85. The molecule has 3 N–H and O–H groups in total. The number of nitrogens with zero attached hydrogens (tertiary/aromatic N) is 4. The Morgan fingerprint density at radius 1 is 1.21 bits per heavy atom. The Balaban J connectivity index is 1.45. The molecule has 0 spiro atoms. The minimum absolute atomic E-state index is 0.0204. The zero-order valence-electron chi connectivity index (χ0n) is 18.5. The maximum absolute atomic E-state index is 14.7. The predicted molar refractivity (Wildman–Crippen MR) is 127 cm³/mol. The molecule has 34 heavy (non-hydrogen) atoms. The molecule has 1 aromatic carbocycles. The number of pyridine rings is 2. The van der Waals surface area contributed by atoms with Crippen LogP contribution in [0.3, 0.4) is 0 Å². The van der Waals surface area contributed by atoms with Crippen molar-refractivity contribution < 1.29 is 19.0 Å². The number of hydrogen-bond donors (Lipinski definition) is 3. The summed E-state index contributed by atoms with van der Waals surface area (Å²) in [6.07, 6.45) is 4.86. The van der Waals surface area contributed by atoms with Gasteiger partial charge in [0, 0.05) is 44.0 Å². The molecular weight excluding hydrogens is 439 g/mol. The van der Waals surface area contributed by atoms with Crippen LogP contribution in [-0.4, -0.2) is 58.8 Å². The zero-order valence-corrected chi connectivity index (χ0v) is 18.5. The lowest BCUT2D eigenvalue weighted by molar-refractivity contribution is 0.102. The summed E-state index contributed by atoms with van der Waals surface area (Å²) < 4.78 is 21.0. The van der Waals surface area contributed by atoms with E-state index < -0.39 is 11.7 Å². The van der Waals surface area contributed by atoms with E-state index in [0.29, 0.717) is 11.1 Å². The highest BCUT2D eigenvalue weighted by molar-refractivity contribution is 6.04. The SMILES string of the molecule is COc1ccc2cn(-c3cccc(C(=O)Nc4cnccc4N4CCNCC4)n3)c(O)c2c1F. The van der Waals surface area contributed by atoms with Gasteiger partial charge in [0.05, 0.1) is 30.1 Å². The topological polar surface area (TPSA) is 105 Å². The summed E-state index contributed by atoms with van der Waals surface area (Å²) in [7, 11) is 1.36. The van der Waals surface area contributed by atoms with Crippen molar-refractivity contribution in [2.75, 3.05) is 43.5 Å². The van der Waals surface area contributed by atoms with E-state index in [-0.39, 0.29) is 28.5 Å². The lowest BCUT2D eigenvalue weighted by atomic mass is 10.2. The van der Waals surface area contributed by atoms with E-state index in [1.54, 1.807) is 42.9 Å². The van der Waals surface area contributed by atoms with Crippen LogP contribution in [0.15, 0.2) is 55.0 Å². The Morgan fingerprint density at radius 2 is 2.03 bits per heavy atom. The minimum Gasteiger partial charge on any atom is -0.494 e. The number of ether oxygens (including phenoxy) is 1. The second-order valence-electron chi connectivity index (χ2n) is 7.83. The van der Waals surface area contributed by atoms with Crippen LogP contribution in [0, 0.1) is 5.82 Å². The van der Waals surface area contributed by atoms with E-state index in [1.807, 2.05) is 6.07 Å². The van der Waals surface area contributed by atoms with Crippen LogP contribution in [0.2, 0.25) is 0 Å². The fourth-order valence-electron chi connectivity index (χ4n) is 4.09. The first-order valence-corrected chi connectivity index (χ1v) is 10.8. The quantitative estimate of drug-likeness (QED) is 0.419. The molecule has 4 aromatic rings. The molecule has 0 aliphatic carbocycles. The second-order valence-corrected chi connectivity index (χ2v) is 7.83. The number of aromatic nitrogens is 3. The molecule has 4 heterocycles. The molecule has 1 amide bonds. The molecule has 9 nitrogen and oxygen atoms in total. The summed E-state index contributed by atoms with van der Waals surface area (Å²) in [5.41, 5.74) is 1.62. The molecule has 0 atom stereocenters. The number of carbonyl (C=O) groups excluding carboxylic acids is 1. The number of hydrogen-bond acceptors (Lipinski definition) is 7. The standard InChI is InChI=1S/C24H23FN6O3/c1-34-19-6-5-15-14-31(24(33)21(15)22(19)25)20-4-2-3-16(28-20)23(32)29-17-13-27-8-7-18(17)30-11-9-26-10-12-30/h2-8,13-14,26,33H,9-12H2,1H3,(H,29,32). The van der Waals surface area contributed by atoms with Crippen LogP contribution in [0.5, 0.6) is 11.6 Å². The molecule has 3 aromatic heterocycles. The van der Waals surface area contributed by atoms with Crippen LogP contribution >= 0.6 is 0 Å². The van der Waals surface area contributed by atoms with Gasteiger partial charge >= 0.3 is 0 Å². The van der Waals surface area contributed by atoms with Crippen LogP contribution in [0.1, 0.15) is 10.5 Å². The van der Waals surface area contributed by atoms with Crippen LogP contribution < -0.4 is 20.3 Å². The summed E-state index contributed by atoms with van der Waals surface area (Å²) in [6.45, 7) is 3.37. The van der Waals surface area contributed by atoms with Crippen molar-refractivity contribution in [3.63, 3.8) is 0 Å². The number of aromatic hydroxyl groups is 1. The first-order chi connectivity index (χ1) is 16.6. The van der Waals surface area contributed by atoms with Crippen molar-refractivity contribution >= 4 is 28.1 Å². The van der Waals surface area contributed by atoms with Gasteiger partial charge in [-0.25, -0.2) is 9.37 Å². The molecule has 1 fully saturated rings. The van der Waals surface area contributed by atoms with Gasteiger partial charge in [0.1, 0.15) is 11.5 Å². The highest BCUT2D eigenvalue weighted by Gasteiger charge is 2.20. The number of anilines is 2. The molecule has 0 bridgehead atoms. The van der Waals surface area contributed by atoms with E-state index in [9.17, 15) is 14.3 Å². The number of piperazine rings is 1. The molecule has 5 rings (SSSR count). The van der Waals surface area contributed by atoms with E-state index >= 15 is 0 Å². The largest absolute Gasteiger partial charge is 0.494 e. The van der Waals surface area contributed by atoms with Crippen molar-refractivity contribution in [3.8, 4) is 17.4 Å². The highest BCUT2D eigenvalue weighted by Crippen LogP contribution is 2.35. The van der Waals surface area contributed by atoms with Crippen LogP contribution in [0.4, 0.5) is 15.8 Å². The molecule has 1 saturated heterocycles. The number of nitrogens with one attached hydrogen (secondary N) is 2. The van der Waals surface area contributed by atoms with Crippen molar-refractivity contribution in [1.82, 2.24) is 19.9 Å². The van der Waals surface area contributed by atoms with Gasteiger partial charge in [0.2, 0.25) is 5.88 Å². The Labute approximate surface area is 194 Å². The third kappa shape index (κ3) is 3.88. The van der Waals surface area contributed by atoms with E-state index in [2.05, 4.69) is 25.5 Å². The number of fused-ring (bicyclic) bond motifs is 1. The van der Waals surface area contributed by atoms with Gasteiger partial charge in [-0.15, -0.1) is 0 Å². The molecule has 0 unspecified atom stereocenters. The summed E-state index contributed by atoms with van der Waals surface area (Å²) in [5.74, 6) is -1.12. The van der Waals surface area contributed by atoms with Crippen LogP contribution in [-0.2, 0) is 0 Å². The number of benzene rings is 1. The van der Waals surface area contributed by atoms with E-state index in [1.165, 1.54) is 17.7 Å². The lowest BCUT2D eigenvalue weighted by Gasteiger charge is -2.30. The third-order valence-electron chi connectivity index (χ3n) is 5.80. The van der Waals surface area contributed by atoms with E-state index in [0.717, 1.165) is 31.9 Å². The van der Waals surface area contributed by atoms with Gasteiger partial charge in [-0.1, -0.05) is 6.07 Å². The fraction of sp³-hybridized carbons (Fsp3) is 0.208. The van der Waals surface area contributed by atoms with Gasteiger partial charge in [0.25, 0.3) is 5.91 Å². The first-order valence-electron chi connectivity index (χ1n) is 10.8. The van der Waals surface area contributed by atoms with Gasteiger partial charge in [-0.3, -0.25) is 14.3 Å². The van der Waals surface area contributed by atoms with Gasteiger partial charge in [-0.2, -0.15) is 0 Å². The fourth-order valence-corrected chi connectivity index (χ4v) is 4.09. The van der Waals surface area contributed by atoms with Crippen molar-refractivity contribution in [2.24, 2.45) is 0 Å². The molecule has 1 aliphatic heterocycles. The Bertz CT molecular complexity index is 1370. The first kappa shape index (κ1) is 21.7.